The first kappa shape index (κ1) is 13.9. The Morgan fingerprint density at radius 1 is 1.37 bits per heavy atom. The second kappa shape index (κ2) is 5.61. The predicted molar refractivity (Wildman–Crippen MR) is 74.6 cm³/mol. The first-order chi connectivity index (χ1) is 9.06. The summed E-state index contributed by atoms with van der Waals surface area (Å²) in [6.45, 7) is 2.67. The summed E-state index contributed by atoms with van der Waals surface area (Å²) in [6, 6.07) is 5.37. The number of aliphatic hydroxyl groups is 1. The van der Waals surface area contributed by atoms with Crippen LogP contribution in [-0.4, -0.2) is 29.3 Å². The molecule has 1 aromatic carbocycles. The Morgan fingerprint density at radius 3 is 2.63 bits per heavy atom. The molecule has 104 valence electrons. The van der Waals surface area contributed by atoms with Crippen molar-refractivity contribution in [1.82, 2.24) is 0 Å². The number of carboxylic acids is 1. The van der Waals surface area contributed by atoms with Gasteiger partial charge in [-0.1, -0.05) is 24.5 Å². The van der Waals surface area contributed by atoms with Crippen LogP contribution in [0.25, 0.3) is 0 Å². The zero-order valence-electron chi connectivity index (χ0n) is 11.3. The van der Waals surface area contributed by atoms with Crippen LogP contribution in [0.1, 0.15) is 41.6 Å². The van der Waals surface area contributed by atoms with Crippen molar-refractivity contribution in [2.24, 2.45) is 5.41 Å². The molecule has 1 aromatic rings. The molecule has 0 heterocycles. The van der Waals surface area contributed by atoms with Crippen LogP contribution in [0.2, 0.25) is 0 Å². The molecule has 0 radical (unpaired) electrons. The Kier molecular flexibility index (Phi) is 4.10. The topological polar surface area (TPSA) is 69.6 Å². The number of aryl methyl sites for hydroxylation is 1. The molecule has 0 atom stereocenters. The number of anilines is 1. The van der Waals surface area contributed by atoms with Crippen molar-refractivity contribution in [1.29, 1.82) is 0 Å². The molecule has 19 heavy (non-hydrogen) atoms. The molecule has 0 aliphatic heterocycles. The minimum absolute atomic E-state index is 0.0827. The third-order valence-corrected chi connectivity index (χ3v) is 4.06. The predicted octanol–water partition coefficient (Wildman–Crippen LogP) is 2.66. The summed E-state index contributed by atoms with van der Waals surface area (Å²) < 4.78 is 0. The summed E-state index contributed by atoms with van der Waals surface area (Å²) in [5, 5.41) is 22.0. The quantitative estimate of drug-likeness (QED) is 0.764. The van der Waals surface area contributed by atoms with Gasteiger partial charge in [0.15, 0.2) is 0 Å². The number of benzene rings is 1. The molecule has 1 saturated carbocycles. The van der Waals surface area contributed by atoms with Crippen molar-refractivity contribution < 1.29 is 15.0 Å². The number of aromatic carboxylic acids is 1. The summed E-state index contributed by atoms with van der Waals surface area (Å²) in [4.78, 5) is 11.2. The fourth-order valence-electron chi connectivity index (χ4n) is 2.79. The Balaban J connectivity index is 2.13. The van der Waals surface area contributed by atoms with Crippen molar-refractivity contribution in [3.8, 4) is 0 Å². The molecule has 1 fully saturated rings. The van der Waals surface area contributed by atoms with Crippen LogP contribution >= 0.6 is 0 Å². The van der Waals surface area contributed by atoms with Gasteiger partial charge in [0.2, 0.25) is 0 Å². The van der Waals surface area contributed by atoms with E-state index in [4.69, 9.17) is 0 Å². The highest BCUT2D eigenvalue weighted by Crippen LogP contribution is 2.37. The first-order valence-electron chi connectivity index (χ1n) is 6.75. The number of hydrogen-bond donors (Lipinski definition) is 3. The second-order valence-corrected chi connectivity index (χ2v) is 5.57. The standard InChI is InChI=1S/C15H21NO3/c1-11-4-5-13(12(8-11)14(18)19)16-9-15(10-17)6-2-3-7-15/h4-5,8,16-17H,2-3,6-7,9-10H2,1H3,(H,18,19). The fraction of sp³-hybridized carbons (Fsp3) is 0.533. The maximum absolute atomic E-state index is 11.2. The number of hydrogen-bond acceptors (Lipinski definition) is 3. The number of aliphatic hydroxyl groups excluding tert-OH is 1. The first-order valence-corrected chi connectivity index (χ1v) is 6.75. The van der Waals surface area contributed by atoms with Gasteiger partial charge in [-0.25, -0.2) is 4.79 Å². The van der Waals surface area contributed by atoms with Gasteiger partial charge in [0.1, 0.15) is 0 Å². The molecular weight excluding hydrogens is 242 g/mol. The van der Waals surface area contributed by atoms with Crippen molar-refractivity contribution in [2.45, 2.75) is 32.6 Å². The minimum atomic E-state index is -0.921. The Hall–Kier alpha value is -1.55. The number of nitrogens with one attached hydrogen (secondary N) is 1. The van der Waals surface area contributed by atoms with Gasteiger partial charge in [-0.3, -0.25) is 0 Å². The van der Waals surface area contributed by atoms with Crippen LogP contribution in [0.5, 0.6) is 0 Å². The lowest BCUT2D eigenvalue weighted by Gasteiger charge is -2.27. The number of carbonyl (C=O) groups is 1. The third kappa shape index (κ3) is 3.07. The van der Waals surface area contributed by atoms with Crippen LogP contribution in [0.4, 0.5) is 5.69 Å². The van der Waals surface area contributed by atoms with E-state index >= 15 is 0 Å². The molecule has 0 spiro atoms. The average molecular weight is 263 g/mol. The van der Waals surface area contributed by atoms with Crippen LogP contribution in [0.3, 0.4) is 0 Å². The van der Waals surface area contributed by atoms with E-state index in [1.807, 2.05) is 13.0 Å². The van der Waals surface area contributed by atoms with Gasteiger partial charge in [0, 0.05) is 17.6 Å². The third-order valence-electron chi connectivity index (χ3n) is 4.06. The molecule has 1 aliphatic rings. The smallest absolute Gasteiger partial charge is 0.337 e. The largest absolute Gasteiger partial charge is 0.478 e. The molecule has 4 nitrogen and oxygen atoms in total. The minimum Gasteiger partial charge on any atom is -0.478 e. The molecule has 3 N–H and O–H groups in total. The van der Waals surface area contributed by atoms with E-state index in [9.17, 15) is 15.0 Å². The highest BCUT2D eigenvalue weighted by Gasteiger charge is 2.33. The molecule has 0 aromatic heterocycles. The van der Waals surface area contributed by atoms with Crippen molar-refractivity contribution >= 4 is 11.7 Å². The Bertz CT molecular complexity index is 464. The van der Waals surface area contributed by atoms with Crippen LogP contribution in [0.15, 0.2) is 18.2 Å². The van der Waals surface area contributed by atoms with Gasteiger partial charge in [-0.05, 0) is 31.9 Å². The maximum atomic E-state index is 11.2. The molecule has 0 bridgehead atoms. The van der Waals surface area contributed by atoms with Crippen LogP contribution < -0.4 is 5.32 Å². The number of carboxylic acid groups (broad SMARTS) is 1. The Morgan fingerprint density at radius 2 is 2.05 bits per heavy atom. The van der Waals surface area contributed by atoms with Crippen molar-refractivity contribution in [2.75, 3.05) is 18.5 Å². The summed E-state index contributed by atoms with van der Waals surface area (Å²) >= 11 is 0. The summed E-state index contributed by atoms with van der Waals surface area (Å²) in [7, 11) is 0. The van der Waals surface area contributed by atoms with Crippen LogP contribution in [-0.2, 0) is 0 Å². The van der Waals surface area contributed by atoms with Gasteiger partial charge in [0.25, 0.3) is 0 Å². The van der Waals surface area contributed by atoms with E-state index in [0.29, 0.717) is 17.8 Å². The van der Waals surface area contributed by atoms with E-state index in [2.05, 4.69) is 5.32 Å². The lowest BCUT2D eigenvalue weighted by atomic mass is 9.87. The molecular formula is C15H21NO3. The normalized spacial score (nSPS) is 17.4. The molecule has 4 heteroatoms. The monoisotopic (exact) mass is 263 g/mol. The van der Waals surface area contributed by atoms with Crippen molar-refractivity contribution in [3.63, 3.8) is 0 Å². The summed E-state index contributed by atoms with van der Waals surface area (Å²) in [5.41, 5.74) is 1.78. The molecule has 0 unspecified atom stereocenters. The van der Waals surface area contributed by atoms with E-state index in [-0.39, 0.29) is 12.0 Å². The van der Waals surface area contributed by atoms with Gasteiger partial charge in [-0.2, -0.15) is 0 Å². The van der Waals surface area contributed by atoms with Gasteiger partial charge < -0.3 is 15.5 Å². The number of rotatable bonds is 5. The molecule has 0 amide bonds. The highest BCUT2D eigenvalue weighted by molar-refractivity contribution is 5.94. The van der Waals surface area contributed by atoms with Crippen LogP contribution in [0, 0.1) is 12.3 Å². The van der Waals surface area contributed by atoms with Gasteiger partial charge >= 0.3 is 5.97 Å². The average Bonchev–Trinajstić information content (AvgIpc) is 2.86. The van der Waals surface area contributed by atoms with E-state index in [1.165, 1.54) is 0 Å². The molecule has 2 rings (SSSR count). The fourth-order valence-corrected chi connectivity index (χ4v) is 2.79. The Labute approximate surface area is 113 Å². The summed E-state index contributed by atoms with van der Waals surface area (Å²) in [5.74, 6) is -0.921. The molecule has 0 saturated heterocycles. The van der Waals surface area contributed by atoms with Gasteiger partial charge in [0.05, 0.1) is 12.2 Å². The van der Waals surface area contributed by atoms with E-state index in [0.717, 1.165) is 31.2 Å². The maximum Gasteiger partial charge on any atom is 0.337 e. The van der Waals surface area contributed by atoms with E-state index < -0.39 is 5.97 Å². The lowest BCUT2D eigenvalue weighted by Crippen LogP contribution is -2.31. The SMILES string of the molecule is Cc1ccc(NCC2(CO)CCCC2)c(C(=O)O)c1. The van der Waals surface area contributed by atoms with Gasteiger partial charge in [-0.15, -0.1) is 0 Å². The van der Waals surface area contributed by atoms with Crippen molar-refractivity contribution in [3.05, 3.63) is 29.3 Å². The zero-order valence-corrected chi connectivity index (χ0v) is 11.3. The zero-order chi connectivity index (χ0) is 13.9. The van der Waals surface area contributed by atoms with E-state index in [1.54, 1.807) is 12.1 Å². The summed E-state index contributed by atoms with van der Waals surface area (Å²) in [6.07, 6.45) is 4.29. The lowest BCUT2D eigenvalue weighted by molar-refractivity contribution is 0.0697. The highest BCUT2D eigenvalue weighted by atomic mass is 16.4. The second-order valence-electron chi connectivity index (χ2n) is 5.57. The molecule has 1 aliphatic carbocycles.